The van der Waals surface area contributed by atoms with Gasteiger partial charge in [0.2, 0.25) is 5.95 Å². The Hall–Kier alpha value is -1.40. The number of methoxy groups -OCH3 is 1. The van der Waals surface area contributed by atoms with Crippen LogP contribution in [0.1, 0.15) is 0 Å². The van der Waals surface area contributed by atoms with Gasteiger partial charge >= 0.3 is 0 Å². The summed E-state index contributed by atoms with van der Waals surface area (Å²) in [5.41, 5.74) is 0. The average molecular weight is 253 g/mol. The summed E-state index contributed by atoms with van der Waals surface area (Å²) in [4.78, 5) is 12.7. The third-order valence-electron chi connectivity index (χ3n) is 2.53. The van der Waals surface area contributed by atoms with Crippen LogP contribution in [0.15, 0.2) is 12.3 Å². The lowest BCUT2D eigenvalue weighted by atomic mass is 10.4. The maximum Gasteiger partial charge on any atom is 0.226 e. The molecule has 0 amide bonds. The van der Waals surface area contributed by atoms with E-state index in [0.29, 0.717) is 0 Å². The minimum atomic E-state index is 0.728. The zero-order chi connectivity index (χ0) is 13.4. The minimum absolute atomic E-state index is 0.728. The number of nitrogens with zero attached hydrogens (tertiary/aromatic N) is 4. The summed E-state index contributed by atoms with van der Waals surface area (Å²) in [5, 5.41) is 3.30. The molecule has 1 aromatic heterocycles. The topological polar surface area (TPSA) is 53.5 Å². The highest BCUT2D eigenvalue weighted by Gasteiger charge is 2.05. The molecule has 102 valence electrons. The number of anilines is 2. The van der Waals surface area contributed by atoms with Crippen molar-refractivity contribution in [1.29, 1.82) is 0 Å². The molecule has 0 unspecified atom stereocenters. The van der Waals surface area contributed by atoms with E-state index in [4.69, 9.17) is 4.74 Å². The van der Waals surface area contributed by atoms with Gasteiger partial charge in [-0.2, -0.15) is 4.98 Å². The predicted octanol–water partition coefficient (Wildman–Crippen LogP) is 0.215. The first-order valence-electron chi connectivity index (χ1n) is 6.06. The van der Waals surface area contributed by atoms with Crippen LogP contribution in [-0.4, -0.2) is 64.5 Å². The second-order valence-electron chi connectivity index (χ2n) is 4.27. The second-order valence-corrected chi connectivity index (χ2v) is 4.27. The van der Waals surface area contributed by atoms with Gasteiger partial charge in [-0.25, -0.2) is 4.98 Å². The minimum Gasteiger partial charge on any atom is -0.383 e. The molecule has 1 aromatic rings. The smallest absolute Gasteiger partial charge is 0.226 e. The van der Waals surface area contributed by atoms with E-state index in [0.717, 1.165) is 38.0 Å². The summed E-state index contributed by atoms with van der Waals surface area (Å²) < 4.78 is 4.97. The first kappa shape index (κ1) is 14.7. The molecule has 1 rings (SSSR count). The van der Waals surface area contributed by atoms with Crippen molar-refractivity contribution >= 4 is 11.8 Å². The third kappa shape index (κ3) is 4.85. The van der Waals surface area contributed by atoms with Gasteiger partial charge in [0.25, 0.3) is 0 Å². The van der Waals surface area contributed by atoms with Gasteiger partial charge in [-0.15, -0.1) is 0 Å². The number of aromatic nitrogens is 2. The van der Waals surface area contributed by atoms with E-state index in [9.17, 15) is 0 Å². The largest absolute Gasteiger partial charge is 0.383 e. The molecule has 0 spiro atoms. The van der Waals surface area contributed by atoms with Crippen LogP contribution in [-0.2, 0) is 4.74 Å². The summed E-state index contributed by atoms with van der Waals surface area (Å²) in [5.74, 6) is 1.66. The van der Waals surface area contributed by atoms with Crippen molar-refractivity contribution in [2.24, 2.45) is 0 Å². The van der Waals surface area contributed by atoms with Crippen molar-refractivity contribution in [2.75, 3.05) is 64.3 Å². The molecule has 0 saturated carbocycles. The Kier molecular flexibility index (Phi) is 6.38. The fraction of sp³-hybridized carbons (Fsp3) is 0.667. The number of hydrogen-bond donors (Lipinski definition) is 1. The maximum atomic E-state index is 4.97. The van der Waals surface area contributed by atoms with Gasteiger partial charge in [0.05, 0.1) is 6.61 Å². The molecule has 0 bridgehead atoms. The van der Waals surface area contributed by atoms with Crippen molar-refractivity contribution in [3.63, 3.8) is 0 Å². The molecule has 0 saturated heterocycles. The Morgan fingerprint density at radius 1 is 1.28 bits per heavy atom. The lowest BCUT2D eigenvalue weighted by Gasteiger charge is -2.20. The van der Waals surface area contributed by atoms with Crippen LogP contribution in [0.25, 0.3) is 0 Å². The van der Waals surface area contributed by atoms with E-state index < -0.39 is 0 Å². The van der Waals surface area contributed by atoms with Gasteiger partial charge in [0.15, 0.2) is 0 Å². The van der Waals surface area contributed by atoms with Gasteiger partial charge in [0.1, 0.15) is 5.82 Å². The van der Waals surface area contributed by atoms with Crippen LogP contribution in [0.2, 0.25) is 0 Å². The van der Waals surface area contributed by atoms with Crippen molar-refractivity contribution in [1.82, 2.24) is 15.3 Å². The first-order valence-corrected chi connectivity index (χ1v) is 6.06. The molecule has 0 atom stereocenters. The Morgan fingerprint density at radius 2 is 2.06 bits per heavy atom. The first-order chi connectivity index (χ1) is 8.65. The third-order valence-corrected chi connectivity index (χ3v) is 2.53. The number of rotatable bonds is 8. The molecule has 1 N–H and O–H groups in total. The van der Waals surface area contributed by atoms with Crippen LogP contribution in [0.5, 0.6) is 0 Å². The number of hydrogen-bond acceptors (Lipinski definition) is 6. The van der Waals surface area contributed by atoms with E-state index in [2.05, 4.69) is 20.2 Å². The fourth-order valence-electron chi connectivity index (χ4n) is 1.43. The Balaban J connectivity index is 2.41. The Morgan fingerprint density at radius 3 is 2.72 bits per heavy atom. The Labute approximate surface area is 109 Å². The molecule has 0 fully saturated rings. The number of nitrogens with one attached hydrogen (secondary N) is 1. The lowest BCUT2D eigenvalue weighted by Crippen LogP contribution is -2.31. The Bertz CT molecular complexity index is 345. The molecular weight excluding hydrogens is 230 g/mol. The SMILES string of the molecule is COCCNCCN(C)c1ccnc(N(C)C)n1. The van der Waals surface area contributed by atoms with Gasteiger partial charge in [0, 0.05) is 54.1 Å². The van der Waals surface area contributed by atoms with Gasteiger partial charge in [-0.3, -0.25) is 0 Å². The van der Waals surface area contributed by atoms with Gasteiger partial charge in [-0.1, -0.05) is 0 Å². The molecule has 1 heterocycles. The van der Waals surface area contributed by atoms with Crippen LogP contribution in [0.3, 0.4) is 0 Å². The summed E-state index contributed by atoms with van der Waals surface area (Å²) in [6.45, 7) is 3.41. The lowest BCUT2D eigenvalue weighted by molar-refractivity contribution is 0.200. The molecule has 0 aliphatic carbocycles. The van der Waals surface area contributed by atoms with Crippen LogP contribution < -0.4 is 15.1 Å². The molecule has 0 aromatic carbocycles. The van der Waals surface area contributed by atoms with Gasteiger partial charge in [-0.05, 0) is 6.07 Å². The van der Waals surface area contributed by atoms with Crippen molar-refractivity contribution < 1.29 is 4.74 Å². The van der Waals surface area contributed by atoms with Crippen LogP contribution in [0, 0.1) is 0 Å². The molecule has 6 heteroatoms. The van der Waals surface area contributed by atoms with Crippen molar-refractivity contribution in [3.05, 3.63) is 12.3 Å². The molecule has 0 radical (unpaired) electrons. The second kappa shape index (κ2) is 7.84. The van der Waals surface area contributed by atoms with Crippen LogP contribution >= 0.6 is 0 Å². The highest BCUT2D eigenvalue weighted by Crippen LogP contribution is 2.11. The van der Waals surface area contributed by atoms with E-state index >= 15 is 0 Å². The average Bonchev–Trinajstić information content (AvgIpc) is 2.38. The fourth-order valence-corrected chi connectivity index (χ4v) is 1.43. The van der Waals surface area contributed by atoms with Crippen LogP contribution in [0.4, 0.5) is 11.8 Å². The van der Waals surface area contributed by atoms with E-state index in [1.165, 1.54) is 0 Å². The summed E-state index contributed by atoms with van der Waals surface area (Å²) in [6, 6.07) is 1.92. The quantitative estimate of drug-likeness (QED) is 0.669. The normalized spacial score (nSPS) is 10.4. The number of ether oxygens (including phenoxy) is 1. The van der Waals surface area contributed by atoms with Crippen molar-refractivity contribution in [3.8, 4) is 0 Å². The number of likely N-dealkylation sites (N-methyl/N-ethyl adjacent to an activating group) is 1. The molecule has 0 aliphatic heterocycles. The predicted molar refractivity (Wildman–Crippen MR) is 74.4 cm³/mol. The standard InChI is InChI=1S/C12H23N5O/c1-16(2)12-14-6-5-11(15-12)17(3)9-7-13-8-10-18-4/h5-6,13H,7-10H2,1-4H3. The van der Waals surface area contributed by atoms with E-state index in [1.54, 1.807) is 13.3 Å². The summed E-state index contributed by atoms with van der Waals surface area (Å²) >= 11 is 0. The summed E-state index contributed by atoms with van der Waals surface area (Å²) in [6.07, 6.45) is 1.78. The van der Waals surface area contributed by atoms with E-state index in [1.807, 2.05) is 32.1 Å². The zero-order valence-electron chi connectivity index (χ0n) is 11.7. The highest BCUT2D eigenvalue weighted by atomic mass is 16.5. The molecule has 0 aliphatic rings. The summed E-state index contributed by atoms with van der Waals surface area (Å²) in [7, 11) is 7.61. The monoisotopic (exact) mass is 253 g/mol. The maximum absolute atomic E-state index is 4.97. The molecule has 18 heavy (non-hydrogen) atoms. The van der Waals surface area contributed by atoms with Gasteiger partial charge < -0.3 is 19.9 Å². The molecular formula is C12H23N5O. The highest BCUT2D eigenvalue weighted by molar-refractivity contribution is 5.42. The van der Waals surface area contributed by atoms with Crippen molar-refractivity contribution in [2.45, 2.75) is 0 Å². The van der Waals surface area contributed by atoms with E-state index in [-0.39, 0.29) is 0 Å². The zero-order valence-corrected chi connectivity index (χ0v) is 11.7. The molecule has 6 nitrogen and oxygen atoms in total.